The Labute approximate surface area is 126 Å². The van der Waals surface area contributed by atoms with Crippen molar-refractivity contribution in [3.8, 4) is 0 Å². The van der Waals surface area contributed by atoms with Gasteiger partial charge in [-0.25, -0.2) is 0 Å². The lowest BCUT2D eigenvalue weighted by atomic mass is 9.93. The Balaban J connectivity index is 1.53. The van der Waals surface area contributed by atoms with Crippen LogP contribution >= 0.6 is 0 Å². The number of hydrogen-bond donors (Lipinski definition) is 2. The van der Waals surface area contributed by atoms with Gasteiger partial charge in [0.05, 0.1) is 0 Å². The van der Waals surface area contributed by atoms with Gasteiger partial charge in [0, 0.05) is 23.9 Å². The lowest BCUT2D eigenvalue weighted by Crippen LogP contribution is -2.44. The maximum atomic E-state index is 12.4. The summed E-state index contributed by atoms with van der Waals surface area (Å²) in [4.78, 5) is 24.8. The molecule has 0 aliphatic heterocycles. The van der Waals surface area contributed by atoms with E-state index >= 15 is 0 Å². The van der Waals surface area contributed by atoms with Gasteiger partial charge in [0.1, 0.15) is 0 Å². The van der Waals surface area contributed by atoms with Gasteiger partial charge < -0.3 is 10.6 Å². The smallest absolute Gasteiger partial charge is 0.224 e. The van der Waals surface area contributed by atoms with Crippen LogP contribution in [0.2, 0.25) is 0 Å². The molecule has 0 bridgehead atoms. The van der Waals surface area contributed by atoms with E-state index in [-0.39, 0.29) is 35.7 Å². The van der Waals surface area contributed by atoms with Crippen molar-refractivity contribution in [2.45, 2.75) is 57.0 Å². The maximum Gasteiger partial charge on any atom is 0.224 e. The van der Waals surface area contributed by atoms with Crippen LogP contribution in [0.15, 0.2) is 24.3 Å². The second-order valence-corrected chi connectivity index (χ2v) is 6.44. The lowest BCUT2D eigenvalue weighted by Gasteiger charge is -2.22. The Morgan fingerprint density at radius 1 is 0.714 bits per heavy atom. The summed E-state index contributed by atoms with van der Waals surface area (Å²) in [6.45, 7) is 0. The number of carbonyl (C=O) groups excluding carboxylic acids is 2. The van der Waals surface area contributed by atoms with E-state index in [1.807, 2.05) is 0 Å². The van der Waals surface area contributed by atoms with Gasteiger partial charge in [0.15, 0.2) is 0 Å². The molecule has 114 valence electrons. The van der Waals surface area contributed by atoms with E-state index in [9.17, 15) is 9.59 Å². The number of carbonyl (C=O) groups is 2. The fourth-order valence-electron chi connectivity index (χ4n) is 3.67. The van der Waals surface area contributed by atoms with E-state index < -0.39 is 0 Å². The largest absolute Gasteiger partial charge is 0.352 e. The van der Waals surface area contributed by atoms with E-state index in [0.717, 1.165) is 44.9 Å². The summed E-state index contributed by atoms with van der Waals surface area (Å²) in [5.74, 6) is -0.128. The van der Waals surface area contributed by atoms with Crippen molar-refractivity contribution in [2.75, 3.05) is 0 Å². The van der Waals surface area contributed by atoms with Gasteiger partial charge in [-0.2, -0.15) is 0 Å². The Morgan fingerprint density at radius 2 is 1.10 bits per heavy atom. The summed E-state index contributed by atoms with van der Waals surface area (Å²) < 4.78 is 0. The Bertz CT molecular complexity index is 411. The molecule has 0 heterocycles. The molecule has 0 spiro atoms. The monoisotopic (exact) mass is 288 g/mol. The molecular formula is C17H24N2O2. The molecule has 21 heavy (non-hydrogen) atoms. The fourth-order valence-corrected chi connectivity index (χ4v) is 3.67. The third kappa shape index (κ3) is 3.36. The summed E-state index contributed by atoms with van der Waals surface area (Å²) in [5.41, 5.74) is 0. The number of hydrogen-bond acceptors (Lipinski definition) is 2. The van der Waals surface area contributed by atoms with E-state index in [0.29, 0.717) is 0 Å². The Hall–Kier alpha value is -1.58. The highest BCUT2D eigenvalue weighted by atomic mass is 16.2. The van der Waals surface area contributed by atoms with Crippen LogP contribution in [-0.4, -0.2) is 23.9 Å². The summed E-state index contributed by atoms with van der Waals surface area (Å²) >= 11 is 0. The normalized spacial score (nSPS) is 29.1. The first-order valence-corrected chi connectivity index (χ1v) is 8.15. The number of nitrogens with one attached hydrogen (secondary N) is 2. The van der Waals surface area contributed by atoms with Gasteiger partial charge in [-0.15, -0.1) is 0 Å². The first-order valence-electron chi connectivity index (χ1n) is 8.15. The molecular weight excluding hydrogens is 264 g/mol. The minimum atomic E-state index is -0.139. The number of amides is 2. The van der Waals surface area contributed by atoms with Gasteiger partial charge in [-0.3, -0.25) is 9.59 Å². The topological polar surface area (TPSA) is 58.2 Å². The van der Waals surface area contributed by atoms with Crippen molar-refractivity contribution in [1.82, 2.24) is 10.6 Å². The average molecular weight is 288 g/mol. The Kier molecular flexibility index (Phi) is 4.42. The minimum Gasteiger partial charge on any atom is -0.352 e. The van der Waals surface area contributed by atoms with Crippen molar-refractivity contribution < 1.29 is 9.59 Å². The minimum absolute atomic E-state index is 0.0749. The first kappa shape index (κ1) is 14.4. The van der Waals surface area contributed by atoms with Crippen LogP contribution in [0.3, 0.4) is 0 Å². The molecule has 3 aliphatic carbocycles. The third-order valence-electron chi connectivity index (χ3n) is 4.90. The van der Waals surface area contributed by atoms with Crippen LogP contribution in [-0.2, 0) is 9.59 Å². The van der Waals surface area contributed by atoms with Gasteiger partial charge in [-0.1, -0.05) is 30.7 Å². The molecule has 2 amide bonds. The standard InChI is InChI=1S/C17H24N2O2/c20-16(18-12-6-1-2-7-12)14-10-5-11-15(14)17(21)19-13-8-3-4-9-13/h1-4,12-15H,5-11H2,(H,18,20)(H,19,21). The predicted molar refractivity (Wildman–Crippen MR) is 81.4 cm³/mol. The molecule has 0 radical (unpaired) electrons. The molecule has 2 atom stereocenters. The SMILES string of the molecule is O=C(NC1CC=CC1)C1CCCC1C(=O)NC1CC=CC1. The molecule has 4 heteroatoms. The van der Waals surface area contributed by atoms with Crippen molar-refractivity contribution in [2.24, 2.45) is 11.8 Å². The Morgan fingerprint density at radius 3 is 1.48 bits per heavy atom. The van der Waals surface area contributed by atoms with Crippen molar-refractivity contribution in [3.63, 3.8) is 0 Å². The summed E-state index contributed by atoms with van der Waals surface area (Å²) in [6.07, 6.45) is 14.8. The molecule has 0 aromatic heterocycles. The molecule has 2 unspecified atom stereocenters. The highest BCUT2D eigenvalue weighted by Crippen LogP contribution is 2.33. The third-order valence-corrected chi connectivity index (χ3v) is 4.90. The predicted octanol–water partition coefficient (Wildman–Crippen LogP) is 2.07. The molecule has 1 fully saturated rings. The molecule has 2 N–H and O–H groups in total. The first-order chi connectivity index (χ1) is 10.2. The van der Waals surface area contributed by atoms with Crippen LogP contribution in [0.25, 0.3) is 0 Å². The lowest BCUT2D eigenvalue weighted by molar-refractivity contribution is -0.134. The maximum absolute atomic E-state index is 12.4. The highest BCUT2D eigenvalue weighted by Gasteiger charge is 2.38. The highest BCUT2D eigenvalue weighted by molar-refractivity contribution is 5.88. The zero-order valence-corrected chi connectivity index (χ0v) is 12.4. The molecule has 0 aromatic carbocycles. The van der Waals surface area contributed by atoms with Gasteiger partial charge >= 0.3 is 0 Å². The van der Waals surface area contributed by atoms with Crippen LogP contribution in [0.1, 0.15) is 44.9 Å². The van der Waals surface area contributed by atoms with E-state index in [4.69, 9.17) is 0 Å². The summed E-state index contributed by atoms with van der Waals surface area (Å²) in [7, 11) is 0. The van der Waals surface area contributed by atoms with E-state index in [1.165, 1.54) is 0 Å². The van der Waals surface area contributed by atoms with Crippen LogP contribution in [0.5, 0.6) is 0 Å². The second-order valence-electron chi connectivity index (χ2n) is 6.44. The summed E-state index contributed by atoms with van der Waals surface area (Å²) in [5, 5.41) is 6.21. The van der Waals surface area contributed by atoms with Crippen molar-refractivity contribution in [1.29, 1.82) is 0 Å². The molecule has 4 nitrogen and oxygen atoms in total. The zero-order valence-electron chi connectivity index (χ0n) is 12.4. The quantitative estimate of drug-likeness (QED) is 0.778. The van der Waals surface area contributed by atoms with Crippen molar-refractivity contribution >= 4 is 11.8 Å². The van der Waals surface area contributed by atoms with Crippen LogP contribution < -0.4 is 10.6 Å². The van der Waals surface area contributed by atoms with Crippen molar-refractivity contribution in [3.05, 3.63) is 24.3 Å². The van der Waals surface area contributed by atoms with Crippen LogP contribution in [0.4, 0.5) is 0 Å². The average Bonchev–Trinajstić information content (AvgIpc) is 3.20. The zero-order chi connectivity index (χ0) is 14.7. The fraction of sp³-hybridized carbons (Fsp3) is 0.647. The molecule has 3 rings (SSSR count). The second kappa shape index (κ2) is 6.46. The molecule has 3 aliphatic rings. The van der Waals surface area contributed by atoms with Gasteiger partial charge in [-0.05, 0) is 38.5 Å². The summed E-state index contributed by atoms with van der Waals surface area (Å²) in [6, 6.07) is 0.474. The van der Waals surface area contributed by atoms with E-state index in [1.54, 1.807) is 0 Å². The number of rotatable bonds is 4. The molecule has 0 saturated heterocycles. The molecule has 1 saturated carbocycles. The van der Waals surface area contributed by atoms with Crippen LogP contribution in [0, 0.1) is 11.8 Å². The van der Waals surface area contributed by atoms with Gasteiger partial charge in [0.2, 0.25) is 11.8 Å². The van der Waals surface area contributed by atoms with E-state index in [2.05, 4.69) is 34.9 Å². The van der Waals surface area contributed by atoms with Gasteiger partial charge in [0.25, 0.3) is 0 Å². The molecule has 0 aromatic rings.